The average Bonchev–Trinajstić information content (AvgIpc) is 2.45. The van der Waals surface area contributed by atoms with E-state index in [0.29, 0.717) is 12.0 Å². The summed E-state index contributed by atoms with van der Waals surface area (Å²) in [6, 6.07) is 2.24. The van der Waals surface area contributed by atoms with Crippen molar-refractivity contribution in [2.24, 2.45) is 0 Å². The Morgan fingerprint density at radius 3 is 1.92 bits per heavy atom. The molecule has 1 aromatic carbocycles. The lowest BCUT2D eigenvalue weighted by Crippen LogP contribution is -2.29. The van der Waals surface area contributed by atoms with E-state index in [4.69, 9.17) is 0 Å². The zero-order chi connectivity index (χ0) is 18.7. The van der Waals surface area contributed by atoms with Crippen LogP contribution in [0.2, 0.25) is 0 Å². The Morgan fingerprint density at radius 1 is 1.17 bits per heavy atom. The van der Waals surface area contributed by atoms with Crippen molar-refractivity contribution in [1.82, 2.24) is 5.32 Å². The summed E-state index contributed by atoms with van der Waals surface area (Å²) >= 11 is 0. The van der Waals surface area contributed by atoms with Gasteiger partial charge in [0.1, 0.15) is 5.56 Å². The second kappa shape index (κ2) is 7.67. The van der Waals surface area contributed by atoms with Gasteiger partial charge in [-0.25, -0.2) is 0 Å². The molecule has 0 radical (unpaired) electrons. The lowest BCUT2D eigenvalue weighted by Gasteiger charge is -2.22. The number of hydrogen-bond donors (Lipinski definition) is 2. The molecule has 134 valence electrons. The van der Waals surface area contributed by atoms with E-state index in [0.717, 1.165) is 0 Å². The van der Waals surface area contributed by atoms with Crippen LogP contribution in [0.5, 0.6) is 0 Å². The highest BCUT2D eigenvalue weighted by atomic mass is 16.6. The number of hydrogen-bond acceptors (Lipinski definition) is 6. The third kappa shape index (κ3) is 4.72. The molecule has 0 amide bonds. The molecule has 0 saturated carbocycles. The number of nitrogens with one attached hydrogen (secondary N) is 1. The second-order valence-corrected chi connectivity index (χ2v) is 6.91. The summed E-state index contributed by atoms with van der Waals surface area (Å²) in [5.41, 5.74) is -0.391. The average molecular weight is 339 g/mol. The summed E-state index contributed by atoms with van der Waals surface area (Å²) in [5, 5.41) is 35.5. The molecule has 8 nitrogen and oxygen atoms in total. The van der Waals surface area contributed by atoms with Crippen molar-refractivity contribution in [2.75, 3.05) is 6.54 Å². The number of aliphatic hydroxyl groups is 1. The first-order valence-corrected chi connectivity index (χ1v) is 7.87. The van der Waals surface area contributed by atoms with Gasteiger partial charge < -0.3 is 10.4 Å². The van der Waals surface area contributed by atoms with Crippen LogP contribution in [0, 0.1) is 20.2 Å². The van der Waals surface area contributed by atoms with Crippen LogP contribution < -0.4 is 5.32 Å². The Balaban J connectivity index is 3.60. The third-order valence-electron chi connectivity index (χ3n) is 3.81. The molecule has 1 rings (SSSR count). The maximum atomic E-state index is 11.5. The lowest BCUT2D eigenvalue weighted by atomic mass is 9.84. The smallest absolute Gasteiger partial charge is 0.281 e. The van der Waals surface area contributed by atoms with Gasteiger partial charge >= 0.3 is 0 Å². The first kappa shape index (κ1) is 20.0. The molecule has 0 fully saturated rings. The van der Waals surface area contributed by atoms with Gasteiger partial charge in [0, 0.05) is 24.7 Å². The van der Waals surface area contributed by atoms with Gasteiger partial charge in [-0.2, -0.15) is 0 Å². The van der Waals surface area contributed by atoms with E-state index < -0.39 is 27.4 Å². The SMILES string of the molecule is CCC(NCC(C)O)c1c([N+](=O)[O-])cc(C(C)(C)C)cc1[N+](=O)[O-]. The van der Waals surface area contributed by atoms with E-state index in [-0.39, 0.29) is 23.5 Å². The highest BCUT2D eigenvalue weighted by Gasteiger charge is 2.33. The van der Waals surface area contributed by atoms with Gasteiger partial charge in [-0.1, -0.05) is 27.7 Å². The molecule has 2 N–H and O–H groups in total. The number of aliphatic hydroxyl groups excluding tert-OH is 1. The maximum absolute atomic E-state index is 11.5. The van der Waals surface area contributed by atoms with Crippen molar-refractivity contribution in [1.29, 1.82) is 0 Å². The minimum Gasteiger partial charge on any atom is -0.392 e. The summed E-state index contributed by atoms with van der Waals surface area (Å²) in [4.78, 5) is 21.9. The number of nitrogens with zero attached hydrogens (tertiary/aromatic N) is 2. The van der Waals surface area contributed by atoms with Crippen LogP contribution in [0.1, 0.15) is 58.2 Å². The van der Waals surface area contributed by atoms with Crippen LogP contribution in [-0.4, -0.2) is 27.6 Å². The quantitative estimate of drug-likeness (QED) is 0.581. The molecule has 2 unspecified atom stereocenters. The van der Waals surface area contributed by atoms with Gasteiger partial charge in [0.05, 0.1) is 16.0 Å². The van der Waals surface area contributed by atoms with Gasteiger partial charge in [0.15, 0.2) is 0 Å². The molecule has 1 aromatic rings. The Kier molecular flexibility index (Phi) is 6.39. The summed E-state index contributed by atoms with van der Waals surface area (Å²) < 4.78 is 0. The number of benzene rings is 1. The fourth-order valence-corrected chi connectivity index (χ4v) is 2.48. The third-order valence-corrected chi connectivity index (χ3v) is 3.81. The van der Waals surface area contributed by atoms with Crippen molar-refractivity contribution in [3.05, 3.63) is 43.5 Å². The van der Waals surface area contributed by atoms with E-state index in [1.165, 1.54) is 12.1 Å². The fraction of sp³-hybridized carbons (Fsp3) is 0.625. The first-order valence-electron chi connectivity index (χ1n) is 7.87. The first-order chi connectivity index (χ1) is 11.0. The van der Waals surface area contributed by atoms with Crippen molar-refractivity contribution in [3.8, 4) is 0 Å². The number of rotatable bonds is 7. The van der Waals surface area contributed by atoms with Crippen LogP contribution >= 0.6 is 0 Å². The zero-order valence-electron chi connectivity index (χ0n) is 14.7. The predicted octanol–water partition coefficient (Wildman–Crippen LogP) is 3.22. The molecular formula is C16H25N3O5. The second-order valence-electron chi connectivity index (χ2n) is 6.91. The van der Waals surface area contributed by atoms with Crippen LogP contribution in [-0.2, 0) is 5.41 Å². The van der Waals surface area contributed by atoms with Crippen LogP contribution in [0.4, 0.5) is 11.4 Å². The maximum Gasteiger partial charge on any atom is 0.281 e. The highest BCUT2D eigenvalue weighted by Crippen LogP contribution is 2.39. The molecule has 0 aliphatic heterocycles. The molecule has 0 heterocycles. The Hall–Kier alpha value is -2.06. The van der Waals surface area contributed by atoms with Gasteiger partial charge in [-0.3, -0.25) is 20.2 Å². The molecule has 0 bridgehead atoms. The number of nitro groups is 2. The topological polar surface area (TPSA) is 119 Å². The molecule has 24 heavy (non-hydrogen) atoms. The minimum absolute atomic E-state index is 0.0566. The molecule has 0 aliphatic carbocycles. The van der Waals surface area contributed by atoms with Crippen LogP contribution in [0.3, 0.4) is 0 Å². The largest absolute Gasteiger partial charge is 0.392 e. The summed E-state index contributed by atoms with van der Waals surface area (Å²) in [6.07, 6.45) is -0.241. The highest BCUT2D eigenvalue weighted by molar-refractivity contribution is 5.59. The van der Waals surface area contributed by atoms with Gasteiger partial charge in [0.2, 0.25) is 0 Å². The van der Waals surface area contributed by atoms with Crippen molar-refractivity contribution < 1.29 is 15.0 Å². The standard InChI is InChI=1S/C16H25N3O5/c1-6-12(17-9-10(2)20)15-13(18(21)22)7-11(16(3,4)5)8-14(15)19(23)24/h7-8,10,12,17,20H,6,9H2,1-5H3. The Bertz CT molecular complexity index is 588. The van der Waals surface area contributed by atoms with Crippen LogP contribution in [0.25, 0.3) is 0 Å². The van der Waals surface area contributed by atoms with Gasteiger partial charge in [0.25, 0.3) is 11.4 Å². The van der Waals surface area contributed by atoms with E-state index in [2.05, 4.69) is 5.32 Å². The molecule has 0 aliphatic rings. The summed E-state index contributed by atoms with van der Waals surface area (Å²) in [6.45, 7) is 9.08. The van der Waals surface area contributed by atoms with Crippen LogP contribution in [0.15, 0.2) is 12.1 Å². The molecule has 0 spiro atoms. The molecule has 2 atom stereocenters. The summed E-state index contributed by atoms with van der Waals surface area (Å²) in [5.74, 6) is 0. The van der Waals surface area contributed by atoms with E-state index in [9.17, 15) is 25.3 Å². The van der Waals surface area contributed by atoms with Crippen molar-refractivity contribution in [3.63, 3.8) is 0 Å². The lowest BCUT2D eigenvalue weighted by molar-refractivity contribution is -0.396. The normalized spacial score (nSPS) is 14.2. The van der Waals surface area contributed by atoms with Gasteiger partial charge in [-0.05, 0) is 24.3 Å². The Labute approximate surface area is 141 Å². The van der Waals surface area contributed by atoms with E-state index in [1.54, 1.807) is 13.8 Å². The number of nitro benzene ring substituents is 2. The summed E-state index contributed by atoms with van der Waals surface area (Å²) in [7, 11) is 0. The monoisotopic (exact) mass is 339 g/mol. The van der Waals surface area contributed by atoms with E-state index >= 15 is 0 Å². The molecule has 8 heteroatoms. The minimum atomic E-state index is -0.661. The molecular weight excluding hydrogens is 314 g/mol. The van der Waals surface area contributed by atoms with Crippen molar-refractivity contribution >= 4 is 11.4 Å². The Morgan fingerprint density at radius 2 is 1.62 bits per heavy atom. The predicted molar refractivity (Wildman–Crippen MR) is 91.2 cm³/mol. The van der Waals surface area contributed by atoms with E-state index in [1.807, 2.05) is 20.8 Å². The molecule has 0 aromatic heterocycles. The zero-order valence-corrected chi connectivity index (χ0v) is 14.7. The molecule has 0 saturated heterocycles. The van der Waals surface area contributed by atoms with Gasteiger partial charge in [-0.15, -0.1) is 0 Å². The fourth-order valence-electron chi connectivity index (χ4n) is 2.48. The van der Waals surface area contributed by atoms with Crippen molar-refractivity contribution in [2.45, 2.75) is 58.6 Å².